The van der Waals surface area contributed by atoms with Crippen molar-refractivity contribution >= 4 is 50.6 Å². The highest BCUT2D eigenvalue weighted by molar-refractivity contribution is 9.10. The van der Waals surface area contributed by atoms with E-state index in [9.17, 15) is 4.79 Å². The summed E-state index contributed by atoms with van der Waals surface area (Å²) in [6, 6.07) is 16.8. The maximum atomic E-state index is 11.8. The Bertz CT molecular complexity index is 947. The van der Waals surface area contributed by atoms with Crippen LogP contribution in [0.15, 0.2) is 64.2 Å². The van der Waals surface area contributed by atoms with Gasteiger partial charge < -0.3 is 4.74 Å². The van der Waals surface area contributed by atoms with E-state index < -0.39 is 0 Å². The molecule has 1 amide bonds. The molecule has 0 unspecified atom stereocenters. The van der Waals surface area contributed by atoms with E-state index in [0.717, 1.165) is 15.4 Å². The van der Waals surface area contributed by atoms with Gasteiger partial charge in [-0.2, -0.15) is 5.10 Å². The quantitative estimate of drug-likeness (QED) is 0.384. The Labute approximate surface area is 157 Å². The first-order valence-electron chi connectivity index (χ1n) is 7.38. The van der Waals surface area contributed by atoms with Crippen LogP contribution in [0.1, 0.15) is 5.56 Å². The molecule has 0 saturated carbocycles. The number of carbonyl (C=O) groups excluding carboxylic acids is 1. The van der Waals surface area contributed by atoms with Crippen molar-refractivity contribution in [3.63, 3.8) is 0 Å². The molecule has 0 radical (unpaired) electrons. The third kappa shape index (κ3) is 4.55. The molecule has 0 aliphatic heterocycles. The predicted molar refractivity (Wildman–Crippen MR) is 102 cm³/mol. The van der Waals surface area contributed by atoms with Crippen molar-refractivity contribution in [2.45, 2.75) is 0 Å². The Kier molecular flexibility index (Phi) is 5.63. The van der Waals surface area contributed by atoms with E-state index in [4.69, 9.17) is 16.3 Å². The molecule has 0 aliphatic rings. The molecule has 126 valence electrons. The summed E-state index contributed by atoms with van der Waals surface area (Å²) in [5.41, 5.74) is 3.82. The monoisotopic (exact) mass is 417 g/mol. The number of carbonyl (C=O) groups is 1. The highest BCUT2D eigenvalue weighted by atomic mass is 79.9. The number of rotatable bonds is 5. The molecule has 0 fully saturated rings. The van der Waals surface area contributed by atoms with E-state index in [-0.39, 0.29) is 12.5 Å². The Hall–Kier alpha value is -2.44. The minimum atomic E-state index is -0.378. The van der Waals surface area contributed by atoms with Crippen LogP contribution in [0.5, 0.6) is 5.75 Å². The second-order valence-electron chi connectivity index (χ2n) is 5.07. The van der Waals surface area contributed by atoms with Gasteiger partial charge in [0, 0.05) is 10.9 Å². The van der Waals surface area contributed by atoms with Crippen LogP contribution in [0.25, 0.3) is 10.9 Å². The summed E-state index contributed by atoms with van der Waals surface area (Å²) in [5.74, 6) is 0.209. The van der Waals surface area contributed by atoms with Crippen LogP contribution >= 0.6 is 27.5 Å². The summed E-state index contributed by atoms with van der Waals surface area (Å²) in [6.45, 7) is -0.149. The fourth-order valence-electron chi connectivity index (χ4n) is 2.11. The lowest BCUT2D eigenvalue weighted by Crippen LogP contribution is -2.24. The number of pyridine rings is 1. The van der Waals surface area contributed by atoms with E-state index in [0.29, 0.717) is 16.5 Å². The van der Waals surface area contributed by atoms with Crippen LogP contribution in [0, 0.1) is 0 Å². The molecule has 7 heteroatoms. The average molecular weight is 419 g/mol. The van der Waals surface area contributed by atoms with Crippen molar-refractivity contribution in [3.8, 4) is 5.75 Å². The maximum Gasteiger partial charge on any atom is 0.277 e. The van der Waals surface area contributed by atoms with Gasteiger partial charge in [-0.1, -0.05) is 41.9 Å². The average Bonchev–Trinajstić information content (AvgIpc) is 2.61. The number of para-hydroxylation sites is 2. The number of fused-ring (bicyclic) bond motifs is 1. The van der Waals surface area contributed by atoms with Crippen molar-refractivity contribution in [3.05, 3.63) is 69.8 Å². The van der Waals surface area contributed by atoms with Gasteiger partial charge in [-0.3, -0.25) is 4.79 Å². The van der Waals surface area contributed by atoms with Crippen LogP contribution in [0.4, 0.5) is 0 Å². The van der Waals surface area contributed by atoms with Gasteiger partial charge in [0.1, 0.15) is 10.9 Å². The molecular formula is C18H13BrClN3O2. The first-order valence-corrected chi connectivity index (χ1v) is 8.55. The number of aromatic nitrogens is 1. The Morgan fingerprint density at radius 2 is 2.00 bits per heavy atom. The molecule has 5 nitrogen and oxygen atoms in total. The third-order valence-corrected chi connectivity index (χ3v) is 4.25. The third-order valence-electron chi connectivity index (χ3n) is 3.29. The number of benzene rings is 2. The number of halogens is 2. The summed E-state index contributed by atoms with van der Waals surface area (Å²) >= 11 is 9.48. The SMILES string of the molecule is O=C(COc1ccccc1Br)N/N=C\c1cc2ccccc2nc1Cl. The van der Waals surface area contributed by atoms with Gasteiger partial charge in [0.25, 0.3) is 5.91 Å². The van der Waals surface area contributed by atoms with Gasteiger partial charge in [-0.05, 0) is 40.2 Å². The second-order valence-corrected chi connectivity index (χ2v) is 6.29. The van der Waals surface area contributed by atoms with Crippen molar-refractivity contribution < 1.29 is 9.53 Å². The molecule has 2 aromatic carbocycles. The fourth-order valence-corrected chi connectivity index (χ4v) is 2.70. The van der Waals surface area contributed by atoms with Crippen LogP contribution in [0.2, 0.25) is 5.15 Å². The summed E-state index contributed by atoms with van der Waals surface area (Å²) in [5, 5.41) is 5.17. The summed E-state index contributed by atoms with van der Waals surface area (Å²) < 4.78 is 6.19. The lowest BCUT2D eigenvalue weighted by atomic mass is 10.2. The number of ether oxygens (including phenoxy) is 1. The zero-order valence-corrected chi connectivity index (χ0v) is 15.3. The van der Waals surface area contributed by atoms with Gasteiger partial charge in [-0.25, -0.2) is 10.4 Å². The van der Waals surface area contributed by atoms with E-state index >= 15 is 0 Å². The van der Waals surface area contributed by atoms with E-state index in [1.807, 2.05) is 48.5 Å². The number of nitrogens with zero attached hydrogens (tertiary/aromatic N) is 2. The molecule has 0 saturated heterocycles. The Balaban J connectivity index is 1.60. The van der Waals surface area contributed by atoms with Crippen molar-refractivity contribution in [1.82, 2.24) is 10.4 Å². The normalized spacial score (nSPS) is 11.0. The van der Waals surface area contributed by atoms with Crippen LogP contribution in [-0.2, 0) is 4.79 Å². The molecular weight excluding hydrogens is 406 g/mol. The number of amides is 1. The zero-order valence-electron chi connectivity index (χ0n) is 12.9. The van der Waals surface area contributed by atoms with Gasteiger partial charge in [-0.15, -0.1) is 0 Å². The molecule has 0 spiro atoms. The number of hydrogen-bond donors (Lipinski definition) is 1. The van der Waals surface area contributed by atoms with Gasteiger partial charge in [0.15, 0.2) is 6.61 Å². The number of hydrogen-bond acceptors (Lipinski definition) is 4. The van der Waals surface area contributed by atoms with E-state index in [2.05, 4.69) is 31.4 Å². The smallest absolute Gasteiger partial charge is 0.277 e. The van der Waals surface area contributed by atoms with Crippen molar-refractivity contribution in [2.24, 2.45) is 5.10 Å². The number of nitrogens with one attached hydrogen (secondary N) is 1. The standard InChI is InChI=1S/C18H13BrClN3O2/c19-14-6-2-4-8-16(14)25-11-17(24)23-21-10-13-9-12-5-1-3-7-15(12)22-18(13)20/h1-10H,11H2,(H,23,24)/b21-10-. The molecule has 0 aliphatic carbocycles. The van der Waals surface area contributed by atoms with Crippen LogP contribution in [0.3, 0.4) is 0 Å². The summed E-state index contributed by atoms with van der Waals surface area (Å²) in [6.07, 6.45) is 1.46. The van der Waals surface area contributed by atoms with Crippen molar-refractivity contribution in [2.75, 3.05) is 6.61 Å². The summed E-state index contributed by atoms with van der Waals surface area (Å²) in [7, 11) is 0. The van der Waals surface area contributed by atoms with Gasteiger partial charge in [0.05, 0.1) is 16.2 Å². The first kappa shape index (κ1) is 17.4. The maximum absolute atomic E-state index is 11.8. The van der Waals surface area contributed by atoms with Crippen molar-refractivity contribution in [1.29, 1.82) is 0 Å². The molecule has 1 N–H and O–H groups in total. The minimum absolute atomic E-state index is 0.149. The lowest BCUT2D eigenvalue weighted by molar-refractivity contribution is -0.123. The lowest BCUT2D eigenvalue weighted by Gasteiger charge is -2.06. The minimum Gasteiger partial charge on any atom is -0.483 e. The molecule has 3 aromatic rings. The highest BCUT2D eigenvalue weighted by Crippen LogP contribution is 2.23. The molecule has 25 heavy (non-hydrogen) atoms. The Morgan fingerprint density at radius 1 is 1.24 bits per heavy atom. The number of hydrazone groups is 1. The molecule has 1 heterocycles. The van der Waals surface area contributed by atoms with Gasteiger partial charge in [0.2, 0.25) is 0 Å². The topological polar surface area (TPSA) is 63.6 Å². The van der Waals surface area contributed by atoms with Crippen LogP contribution in [-0.4, -0.2) is 23.7 Å². The molecule has 3 rings (SSSR count). The largest absolute Gasteiger partial charge is 0.483 e. The van der Waals surface area contributed by atoms with E-state index in [1.54, 1.807) is 6.07 Å². The second kappa shape index (κ2) is 8.09. The molecule has 1 aromatic heterocycles. The van der Waals surface area contributed by atoms with Gasteiger partial charge >= 0.3 is 0 Å². The van der Waals surface area contributed by atoms with Crippen LogP contribution < -0.4 is 10.2 Å². The molecule has 0 bridgehead atoms. The Morgan fingerprint density at radius 3 is 2.84 bits per heavy atom. The highest BCUT2D eigenvalue weighted by Gasteiger charge is 2.05. The zero-order chi connectivity index (χ0) is 17.6. The predicted octanol–water partition coefficient (Wildman–Crippen LogP) is 4.18. The molecule has 0 atom stereocenters. The fraction of sp³-hybridized carbons (Fsp3) is 0.0556. The first-order chi connectivity index (χ1) is 12.1. The van der Waals surface area contributed by atoms with E-state index in [1.165, 1.54) is 6.21 Å². The summed E-state index contributed by atoms with van der Waals surface area (Å²) in [4.78, 5) is 16.1.